The Bertz CT molecular complexity index is 770. The number of aliphatic hydroxyl groups excluding tert-OH is 2. The smallest absolute Gasteiger partial charge is 0.141 e. The van der Waals surface area contributed by atoms with Crippen LogP contribution in [-0.2, 0) is 16.1 Å². The first-order chi connectivity index (χ1) is 12.0. The van der Waals surface area contributed by atoms with Gasteiger partial charge in [0, 0.05) is 11.8 Å². The molecule has 1 aliphatic rings. The van der Waals surface area contributed by atoms with E-state index in [0.29, 0.717) is 5.56 Å². The van der Waals surface area contributed by atoms with Gasteiger partial charge in [0.05, 0.1) is 18.9 Å². The number of nitriles is 1. The normalized spacial score (nSPS) is 28.8. The summed E-state index contributed by atoms with van der Waals surface area (Å²) in [7, 11) is 0. The highest BCUT2D eigenvalue weighted by Gasteiger charge is 2.55. The Balaban J connectivity index is 1.91. The van der Waals surface area contributed by atoms with Gasteiger partial charge in [-0.2, -0.15) is 5.26 Å². The van der Waals surface area contributed by atoms with E-state index in [4.69, 9.17) is 20.5 Å². The van der Waals surface area contributed by atoms with Crippen molar-refractivity contribution in [3.05, 3.63) is 53.3 Å². The molecule has 0 spiro atoms. The van der Waals surface area contributed by atoms with Gasteiger partial charge in [0.25, 0.3) is 0 Å². The molecule has 132 valence electrons. The minimum atomic E-state index is -1.13. The lowest BCUT2D eigenvalue weighted by atomic mass is 9.88. The van der Waals surface area contributed by atoms with Crippen LogP contribution in [0.5, 0.6) is 0 Å². The van der Waals surface area contributed by atoms with Crippen LogP contribution in [-0.4, -0.2) is 39.6 Å². The van der Waals surface area contributed by atoms with Crippen molar-refractivity contribution in [2.75, 3.05) is 12.3 Å². The second kappa shape index (κ2) is 6.86. The van der Waals surface area contributed by atoms with Crippen LogP contribution in [0.1, 0.15) is 29.8 Å². The molecular weight excluding hydrogens is 322 g/mol. The third kappa shape index (κ3) is 3.01. The first-order valence-electron chi connectivity index (χ1n) is 8.00. The van der Waals surface area contributed by atoms with E-state index in [0.717, 1.165) is 5.56 Å². The topological polar surface area (TPSA) is 125 Å². The summed E-state index contributed by atoms with van der Waals surface area (Å²) in [5.41, 5.74) is 6.85. The van der Waals surface area contributed by atoms with Crippen LogP contribution < -0.4 is 5.73 Å². The first kappa shape index (κ1) is 17.5. The molecule has 25 heavy (non-hydrogen) atoms. The molecule has 1 aromatic carbocycles. The van der Waals surface area contributed by atoms with E-state index in [-0.39, 0.29) is 24.6 Å². The quantitative estimate of drug-likeness (QED) is 0.647. The Morgan fingerprint density at radius 2 is 2.12 bits per heavy atom. The Hall–Kier alpha value is -2.37. The SMILES string of the molecule is C[C@]1(OCc2ccccc2)C(c2c[nH]c(C#N)c2N)OC(CO)[C@H]1O. The van der Waals surface area contributed by atoms with E-state index >= 15 is 0 Å². The van der Waals surface area contributed by atoms with Crippen LogP contribution >= 0.6 is 0 Å². The predicted molar refractivity (Wildman–Crippen MR) is 90.3 cm³/mol. The van der Waals surface area contributed by atoms with Crippen LogP contribution in [0, 0.1) is 11.3 Å². The van der Waals surface area contributed by atoms with Crippen LogP contribution in [0.25, 0.3) is 0 Å². The van der Waals surface area contributed by atoms with Crippen LogP contribution in [0.2, 0.25) is 0 Å². The maximum Gasteiger partial charge on any atom is 0.141 e. The van der Waals surface area contributed by atoms with Gasteiger partial charge >= 0.3 is 0 Å². The van der Waals surface area contributed by atoms with Crippen molar-refractivity contribution < 1.29 is 19.7 Å². The average molecular weight is 343 g/mol. The van der Waals surface area contributed by atoms with E-state index in [9.17, 15) is 10.2 Å². The van der Waals surface area contributed by atoms with Gasteiger partial charge < -0.3 is 30.4 Å². The summed E-state index contributed by atoms with van der Waals surface area (Å²) >= 11 is 0. The van der Waals surface area contributed by atoms with Crippen molar-refractivity contribution in [3.63, 3.8) is 0 Å². The van der Waals surface area contributed by atoms with Gasteiger partial charge in [0.2, 0.25) is 0 Å². The number of aromatic amines is 1. The van der Waals surface area contributed by atoms with E-state index in [1.54, 1.807) is 13.1 Å². The largest absolute Gasteiger partial charge is 0.396 e. The number of hydrogen-bond donors (Lipinski definition) is 4. The van der Waals surface area contributed by atoms with Gasteiger partial charge in [-0.1, -0.05) is 30.3 Å². The van der Waals surface area contributed by atoms with Gasteiger partial charge in [-0.25, -0.2) is 0 Å². The summed E-state index contributed by atoms with van der Waals surface area (Å²) in [6.45, 7) is 1.64. The van der Waals surface area contributed by atoms with Gasteiger partial charge in [0.15, 0.2) is 0 Å². The molecule has 2 unspecified atom stereocenters. The second-order valence-electron chi connectivity index (χ2n) is 6.28. The molecule has 4 atom stereocenters. The Morgan fingerprint density at radius 3 is 2.72 bits per heavy atom. The predicted octanol–water partition coefficient (Wildman–Crippen LogP) is 1.24. The highest BCUT2D eigenvalue weighted by Crippen LogP contribution is 2.46. The monoisotopic (exact) mass is 343 g/mol. The lowest BCUT2D eigenvalue weighted by Gasteiger charge is -2.33. The number of rotatable bonds is 5. The summed E-state index contributed by atoms with van der Waals surface area (Å²) in [6, 6.07) is 11.5. The molecule has 1 aromatic heterocycles. The molecule has 0 saturated carbocycles. The lowest BCUT2D eigenvalue weighted by molar-refractivity contribution is -0.125. The molecule has 1 saturated heterocycles. The molecule has 0 amide bonds. The van der Waals surface area contributed by atoms with E-state index in [2.05, 4.69) is 4.98 Å². The molecule has 7 nitrogen and oxygen atoms in total. The third-order valence-electron chi connectivity index (χ3n) is 4.69. The molecule has 5 N–H and O–H groups in total. The lowest BCUT2D eigenvalue weighted by Crippen LogP contribution is -2.45. The van der Waals surface area contributed by atoms with Gasteiger partial charge in [-0.15, -0.1) is 0 Å². The summed E-state index contributed by atoms with van der Waals surface area (Å²) in [5.74, 6) is 0. The highest BCUT2D eigenvalue weighted by atomic mass is 16.6. The molecule has 2 aromatic rings. The van der Waals surface area contributed by atoms with Crippen molar-refractivity contribution in [1.82, 2.24) is 4.98 Å². The number of hydrogen-bond acceptors (Lipinski definition) is 6. The van der Waals surface area contributed by atoms with Crippen molar-refractivity contribution in [3.8, 4) is 6.07 Å². The van der Waals surface area contributed by atoms with E-state index in [1.807, 2.05) is 36.4 Å². The molecule has 0 bridgehead atoms. The summed E-state index contributed by atoms with van der Waals surface area (Å²) < 4.78 is 11.9. The average Bonchev–Trinajstić information content (AvgIpc) is 3.12. The fourth-order valence-electron chi connectivity index (χ4n) is 3.17. The molecule has 0 aliphatic carbocycles. The standard InChI is InChI=1S/C18H21N3O4/c1-18(24-10-11-5-3-2-4-6-11)16(23)14(9-22)25-17(18)12-8-21-13(7-19)15(12)20/h2-6,8,14,16-17,21-23H,9-10,20H2,1H3/t14?,16-,17?,18-/m1/s1. The molecule has 0 radical (unpaired) electrons. The third-order valence-corrected chi connectivity index (χ3v) is 4.69. The summed E-state index contributed by atoms with van der Waals surface area (Å²) in [4.78, 5) is 2.79. The molecule has 1 fully saturated rings. The molecule has 3 rings (SSSR count). The maximum atomic E-state index is 10.6. The van der Waals surface area contributed by atoms with Crippen molar-refractivity contribution >= 4 is 5.69 Å². The van der Waals surface area contributed by atoms with Crippen molar-refractivity contribution in [2.45, 2.75) is 37.4 Å². The number of aromatic nitrogens is 1. The fraction of sp³-hybridized carbons (Fsp3) is 0.389. The van der Waals surface area contributed by atoms with Gasteiger partial charge in [-0.3, -0.25) is 0 Å². The summed E-state index contributed by atoms with van der Waals surface area (Å²) in [6.07, 6.45) is -0.992. The van der Waals surface area contributed by atoms with Gasteiger partial charge in [0.1, 0.15) is 35.7 Å². The fourth-order valence-corrected chi connectivity index (χ4v) is 3.17. The number of aliphatic hydroxyl groups is 2. The van der Waals surface area contributed by atoms with Crippen LogP contribution in [0.15, 0.2) is 36.5 Å². The maximum absolute atomic E-state index is 10.6. The molecule has 2 heterocycles. The zero-order valence-electron chi connectivity index (χ0n) is 13.8. The van der Waals surface area contributed by atoms with Crippen molar-refractivity contribution in [1.29, 1.82) is 5.26 Å². The zero-order valence-corrected chi connectivity index (χ0v) is 13.8. The van der Waals surface area contributed by atoms with Crippen LogP contribution in [0.3, 0.4) is 0 Å². The number of nitrogen functional groups attached to an aromatic ring is 1. The summed E-state index contributed by atoms with van der Waals surface area (Å²) in [5, 5.41) is 29.2. The minimum absolute atomic E-state index is 0.228. The van der Waals surface area contributed by atoms with Gasteiger partial charge in [-0.05, 0) is 12.5 Å². The molecule has 1 aliphatic heterocycles. The zero-order chi connectivity index (χ0) is 18.0. The molecule has 7 heteroatoms. The number of anilines is 1. The Morgan fingerprint density at radius 1 is 1.40 bits per heavy atom. The Labute approximate surface area is 145 Å². The van der Waals surface area contributed by atoms with E-state index in [1.165, 1.54) is 0 Å². The highest BCUT2D eigenvalue weighted by molar-refractivity contribution is 5.58. The van der Waals surface area contributed by atoms with E-state index < -0.39 is 23.9 Å². The number of nitrogens with one attached hydrogen (secondary N) is 1. The van der Waals surface area contributed by atoms with Crippen molar-refractivity contribution in [2.24, 2.45) is 0 Å². The minimum Gasteiger partial charge on any atom is -0.396 e. The number of ether oxygens (including phenoxy) is 2. The Kier molecular flexibility index (Phi) is 4.79. The van der Waals surface area contributed by atoms with Crippen LogP contribution in [0.4, 0.5) is 5.69 Å². The number of nitrogens with zero attached hydrogens (tertiary/aromatic N) is 1. The number of H-pyrrole nitrogens is 1. The number of benzene rings is 1. The first-order valence-corrected chi connectivity index (χ1v) is 8.00. The second-order valence-corrected chi connectivity index (χ2v) is 6.28. The molecular formula is C18H21N3O4. The number of nitrogens with two attached hydrogens (primary N) is 1.